The number of aliphatic imine (C=N–C) groups is 1. The molecule has 0 fully saturated rings. The zero-order chi connectivity index (χ0) is 13.1. The molecule has 6 heteroatoms. The number of furan rings is 1. The number of hydrogen-bond donors (Lipinski definition) is 0. The molecule has 0 radical (unpaired) electrons. The third kappa shape index (κ3) is 3.27. The summed E-state index contributed by atoms with van der Waals surface area (Å²) in [6, 6.07) is 7.19. The molecular formula is C12H8BrClINO2. The highest BCUT2D eigenvalue weighted by Gasteiger charge is 2.04. The first-order valence-electron chi connectivity index (χ1n) is 4.92. The van der Waals surface area contributed by atoms with Crippen LogP contribution in [0.1, 0.15) is 5.76 Å². The van der Waals surface area contributed by atoms with Crippen molar-refractivity contribution in [3.63, 3.8) is 0 Å². The molecule has 2 rings (SSSR count). The van der Waals surface area contributed by atoms with Gasteiger partial charge in [-0.3, -0.25) is 4.99 Å². The van der Waals surface area contributed by atoms with E-state index in [1.54, 1.807) is 25.5 Å². The highest BCUT2D eigenvalue weighted by atomic mass is 127. The Morgan fingerprint density at radius 2 is 2.22 bits per heavy atom. The second-order valence-electron chi connectivity index (χ2n) is 3.35. The third-order valence-corrected chi connectivity index (χ3v) is 4.57. The third-order valence-electron chi connectivity index (χ3n) is 2.14. The molecule has 0 saturated carbocycles. The minimum absolute atomic E-state index is 0.530. The largest absolute Gasteiger partial charge is 0.495 e. The van der Waals surface area contributed by atoms with Crippen LogP contribution in [0.3, 0.4) is 0 Å². The fraction of sp³-hybridized carbons (Fsp3) is 0.0833. The van der Waals surface area contributed by atoms with Gasteiger partial charge < -0.3 is 9.15 Å². The topological polar surface area (TPSA) is 34.7 Å². The predicted octanol–water partition coefficient (Wildman–Crippen LogP) is 5.06. The lowest BCUT2D eigenvalue weighted by Crippen LogP contribution is -1.82. The van der Waals surface area contributed by atoms with Crippen molar-refractivity contribution in [3.8, 4) is 5.75 Å². The Morgan fingerprint density at radius 3 is 2.78 bits per heavy atom. The van der Waals surface area contributed by atoms with Crippen LogP contribution in [0.4, 0.5) is 5.69 Å². The average Bonchev–Trinajstić information content (AvgIpc) is 2.66. The van der Waals surface area contributed by atoms with Crippen LogP contribution in [-0.4, -0.2) is 13.3 Å². The molecule has 1 aromatic carbocycles. The van der Waals surface area contributed by atoms with Crippen LogP contribution in [0.5, 0.6) is 5.75 Å². The van der Waals surface area contributed by atoms with Gasteiger partial charge >= 0.3 is 0 Å². The molecule has 94 valence electrons. The van der Waals surface area contributed by atoms with Gasteiger partial charge in [0, 0.05) is 28.7 Å². The lowest BCUT2D eigenvalue weighted by atomic mass is 10.3. The van der Waals surface area contributed by atoms with E-state index in [4.69, 9.17) is 20.8 Å². The highest BCUT2D eigenvalue weighted by Crippen LogP contribution is 2.29. The maximum Gasteiger partial charge on any atom is 0.178 e. The minimum atomic E-state index is 0.530. The molecule has 0 N–H and O–H groups in total. The molecule has 3 nitrogen and oxygen atoms in total. The molecule has 0 aliphatic rings. The maximum atomic E-state index is 6.01. The summed E-state index contributed by atoms with van der Waals surface area (Å²) in [7, 11) is 1.58. The van der Waals surface area contributed by atoms with Crippen molar-refractivity contribution in [2.24, 2.45) is 4.99 Å². The number of ether oxygens (including phenoxy) is 1. The summed E-state index contributed by atoms with van der Waals surface area (Å²) in [5.74, 6) is 1.31. The summed E-state index contributed by atoms with van der Waals surface area (Å²) in [4.78, 5) is 4.28. The SMILES string of the molecule is COc1ccc(N=Cc2cc(Br)c(I)o2)cc1Cl. The monoisotopic (exact) mass is 439 g/mol. The summed E-state index contributed by atoms with van der Waals surface area (Å²) in [5.41, 5.74) is 0.739. The second-order valence-corrected chi connectivity index (χ2v) is 5.59. The van der Waals surface area contributed by atoms with E-state index in [9.17, 15) is 0 Å². The number of rotatable bonds is 3. The molecule has 18 heavy (non-hydrogen) atoms. The lowest BCUT2D eigenvalue weighted by molar-refractivity contribution is 0.415. The Hall–Kier alpha value is -0.530. The highest BCUT2D eigenvalue weighted by molar-refractivity contribution is 14.1. The van der Waals surface area contributed by atoms with Crippen LogP contribution in [0.15, 0.2) is 38.1 Å². The van der Waals surface area contributed by atoms with Crippen LogP contribution < -0.4 is 4.74 Å². The lowest BCUT2D eigenvalue weighted by Gasteiger charge is -2.02. The van der Waals surface area contributed by atoms with Crippen molar-refractivity contribution in [3.05, 3.63) is 43.3 Å². The van der Waals surface area contributed by atoms with E-state index in [-0.39, 0.29) is 0 Å². The van der Waals surface area contributed by atoms with Gasteiger partial charge in [0.25, 0.3) is 0 Å². The Kier molecular flexibility index (Phi) is 4.69. The van der Waals surface area contributed by atoms with Gasteiger partial charge in [0.05, 0.1) is 28.5 Å². The standard InChI is InChI=1S/C12H8BrClINO2/c1-17-11-3-2-7(4-10(11)14)16-6-8-5-9(13)12(15)18-8/h2-6H,1H3. The van der Waals surface area contributed by atoms with Gasteiger partial charge in [-0.1, -0.05) is 11.6 Å². The van der Waals surface area contributed by atoms with Crippen LogP contribution in [0, 0.1) is 3.77 Å². The van der Waals surface area contributed by atoms with Crippen molar-refractivity contribution in [2.75, 3.05) is 7.11 Å². The van der Waals surface area contributed by atoms with E-state index in [1.165, 1.54) is 0 Å². The summed E-state index contributed by atoms with van der Waals surface area (Å²) in [6.07, 6.45) is 1.64. The van der Waals surface area contributed by atoms with Gasteiger partial charge in [0.2, 0.25) is 0 Å². The van der Waals surface area contributed by atoms with Crippen LogP contribution >= 0.6 is 50.1 Å². The molecule has 1 aromatic heterocycles. The van der Waals surface area contributed by atoms with Crippen molar-refractivity contribution >= 4 is 62.0 Å². The number of halogens is 3. The van der Waals surface area contributed by atoms with Crippen molar-refractivity contribution in [2.45, 2.75) is 0 Å². The van der Waals surface area contributed by atoms with E-state index >= 15 is 0 Å². The molecule has 0 aliphatic heterocycles. The molecular weight excluding hydrogens is 432 g/mol. The van der Waals surface area contributed by atoms with Crippen molar-refractivity contribution in [1.82, 2.24) is 0 Å². The van der Waals surface area contributed by atoms with E-state index in [0.29, 0.717) is 16.5 Å². The summed E-state index contributed by atoms with van der Waals surface area (Å²) >= 11 is 11.5. The van der Waals surface area contributed by atoms with Gasteiger partial charge in [-0.05, 0) is 34.1 Å². The minimum Gasteiger partial charge on any atom is -0.495 e. The molecule has 1 heterocycles. The van der Waals surface area contributed by atoms with E-state index < -0.39 is 0 Å². The zero-order valence-electron chi connectivity index (χ0n) is 9.28. The van der Waals surface area contributed by atoms with Gasteiger partial charge in [0.1, 0.15) is 11.5 Å². The van der Waals surface area contributed by atoms with Gasteiger partial charge in [-0.15, -0.1) is 0 Å². The van der Waals surface area contributed by atoms with E-state index in [1.807, 2.05) is 12.1 Å². The first-order valence-corrected chi connectivity index (χ1v) is 7.17. The normalized spacial score (nSPS) is 11.1. The summed E-state index contributed by atoms with van der Waals surface area (Å²) in [5, 5.41) is 0.530. The van der Waals surface area contributed by atoms with Gasteiger partial charge in [-0.2, -0.15) is 0 Å². The van der Waals surface area contributed by atoms with Crippen LogP contribution in [0.2, 0.25) is 5.02 Å². The number of methoxy groups -OCH3 is 1. The second kappa shape index (κ2) is 6.08. The molecule has 0 atom stereocenters. The maximum absolute atomic E-state index is 6.01. The summed E-state index contributed by atoms with van der Waals surface area (Å²) in [6.45, 7) is 0. The Bertz CT molecular complexity index is 578. The molecule has 2 aromatic rings. The van der Waals surface area contributed by atoms with Crippen LogP contribution in [0.25, 0.3) is 0 Å². The molecule has 0 saturated heterocycles. The van der Waals surface area contributed by atoms with Gasteiger partial charge in [-0.25, -0.2) is 0 Å². The smallest absolute Gasteiger partial charge is 0.178 e. The molecule has 0 aliphatic carbocycles. The molecule has 0 spiro atoms. The predicted molar refractivity (Wildman–Crippen MR) is 84.4 cm³/mol. The first-order chi connectivity index (χ1) is 8.60. The van der Waals surface area contributed by atoms with Gasteiger partial charge in [0.15, 0.2) is 3.77 Å². The Balaban J connectivity index is 2.21. The Labute approximate surface area is 131 Å². The fourth-order valence-electron chi connectivity index (χ4n) is 1.30. The molecule has 0 amide bonds. The Morgan fingerprint density at radius 1 is 1.44 bits per heavy atom. The van der Waals surface area contributed by atoms with E-state index in [0.717, 1.165) is 13.9 Å². The number of hydrogen-bond acceptors (Lipinski definition) is 3. The molecule has 0 bridgehead atoms. The van der Waals surface area contributed by atoms with Crippen molar-refractivity contribution < 1.29 is 9.15 Å². The van der Waals surface area contributed by atoms with E-state index in [2.05, 4.69) is 43.5 Å². The van der Waals surface area contributed by atoms with Crippen molar-refractivity contribution in [1.29, 1.82) is 0 Å². The zero-order valence-corrected chi connectivity index (χ0v) is 13.8. The summed E-state index contributed by atoms with van der Waals surface area (Å²) < 4.78 is 12.2. The number of benzene rings is 1. The fourth-order valence-corrected chi connectivity index (χ4v) is 2.27. The quantitative estimate of drug-likeness (QED) is 0.494. The first kappa shape index (κ1) is 13.9. The van der Waals surface area contributed by atoms with Crippen LogP contribution in [-0.2, 0) is 0 Å². The average molecular weight is 440 g/mol. The molecule has 0 unspecified atom stereocenters. The number of nitrogens with zero attached hydrogens (tertiary/aromatic N) is 1.